The van der Waals surface area contributed by atoms with Crippen molar-refractivity contribution in [2.45, 2.75) is 37.8 Å². The second-order valence-electron chi connectivity index (χ2n) is 4.92. The number of hydrogen-bond donors (Lipinski definition) is 4. The van der Waals surface area contributed by atoms with Gasteiger partial charge in [0.05, 0.1) is 6.10 Å². The van der Waals surface area contributed by atoms with Crippen LogP contribution in [0.2, 0.25) is 0 Å². The van der Waals surface area contributed by atoms with Crippen LogP contribution in [0.15, 0.2) is 12.7 Å². The molecule has 3 rings (SSSR count). The van der Waals surface area contributed by atoms with Gasteiger partial charge in [-0.05, 0) is 25.7 Å². The molecule has 10 heteroatoms. The molecule has 0 aliphatic heterocycles. The lowest BCUT2D eigenvalue weighted by atomic mass is 9.93. The molecule has 5 N–H and O–H groups in total. The van der Waals surface area contributed by atoms with Gasteiger partial charge in [-0.25, -0.2) is 10.8 Å². The molecule has 0 radical (unpaired) electrons. The van der Waals surface area contributed by atoms with Crippen LogP contribution in [0.5, 0.6) is 0 Å². The van der Waals surface area contributed by atoms with Crippen LogP contribution in [0.25, 0.3) is 5.95 Å². The van der Waals surface area contributed by atoms with E-state index >= 15 is 0 Å². The molecule has 2 heterocycles. The van der Waals surface area contributed by atoms with Crippen molar-refractivity contribution in [1.29, 1.82) is 0 Å². The third-order valence-electron chi connectivity index (χ3n) is 3.41. The minimum absolute atomic E-state index is 0.201. The molecule has 1 aliphatic carbocycles. The van der Waals surface area contributed by atoms with E-state index in [9.17, 15) is 5.11 Å². The van der Waals surface area contributed by atoms with Crippen molar-refractivity contribution in [3.8, 4) is 5.95 Å². The summed E-state index contributed by atoms with van der Waals surface area (Å²) in [7, 11) is 0. The van der Waals surface area contributed by atoms with Crippen molar-refractivity contribution in [2.24, 2.45) is 5.84 Å². The van der Waals surface area contributed by atoms with E-state index in [-0.39, 0.29) is 18.1 Å². The minimum Gasteiger partial charge on any atom is -0.393 e. The lowest BCUT2D eigenvalue weighted by Gasteiger charge is -2.26. The fourth-order valence-corrected chi connectivity index (χ4v) is 2.31. The number of aliphatic hydroxyl groups excluding tert-OH is 1. The Morgan fingerprint density at radius 1 is 1.14 bits per heavy atom. The van der Waals surface area contributed by atoms with Gasteiger partial charge in [0.1, 0.15) is 12.7 Å². The zero-order valence-corrected chi connectivity index (χ0v) is 11.3. The van der Waals surface area contributed by atoms with Gasteiger partial charge in [-0.2, -0.15) is 24.7 Å². The Morgan fingerprint density at radius 3 is 2.57 bits per heavy atom. The van der Waals surface area contributed by atoms with Gasteiger partial charge in [0.2, 0.25) is 11.9 Å². The molecule has 0 spiro atoms. The Morgan fingerprint density at radius 2 is 1.90 bits per heavy atom. The number of anilines is 2. The number of hydrogen-bond acceptors (Lipinski definition) is 9. The average Bonchev–Trinajstić information content (AvgIpc) is 3.04. The van der Waals surface area contributed by atoms with E-state index in [0.717, 1.165) is 25.7 Å². The molecule has 1 saturated carbocycles. The molecule has 0 amide bonds. The van der Waals surface area contributed by atoms with Crippen LogP contribution < -0.4 is 16.6 Å². The van der Waals surface area contributed by atoms with Crippen LogP contribution in [0.4, 0.5) is 11.9 Å². The van der Waals surface area contributed by atoms with Crippen molar-refractivity contribution in [2.75, 3.05) is 10.7 Å². The van der Waals surface area contributed by atoms with Gasteiger partial charge in [-0.15, -0.1) is 0 Å². The van der Waals surface area contributed by atoms with E-state index in [1.165, 1.54) is 17.3 Å². The van der Waals surface area contributed by atoms with Crippen LogP contribution in [-0.4, -0.2) is 47.0 Å². The van der Waals surface area contributed by atoms with Crippen LogP contribution >= 0.6 is 0 Å². The SMILES string of the molecule is NNc1nc(NC2CCC(O)CC2)nc(-n2cncn2)n1. The number of nitrogen functional groups attached to an aromatic ring is 1. The van der Waals surface area contributed by atoms with E-state index in [1.807, 2.05) is 0 Å². The Balaban J connectivity index is 1.79. The van der Waals surface area contributed by atoms with Gasteiger partial charge in [0.15, 0.2) is 0 Å². The number of nitrogens with one attached hydrogen (secondary N) is 2. The van der Waals surface area contributed by atoms with Gasteiger partial charge in [-0.1, -0.05) is 0 Å². The summed E-state index contributed by atoms with van der Waals surface area (Å²) in [5.74, 6) is 6.38. The molecular formula is C11H17N9O. The Hall–Kier alpha value is -2.33. The predicted molar refractivity (Wildman–Crippen MR) is 74.4 cm³/mol. The minimum atomic E-state index is -0.201. The van der Waals surface area contributed by atoms with Crippen LogP contribution in [0, 0.1) is 0 Å². The summed E-state index contributed by atoms with van der Waals surface area (Å²) in [4.78, 5) is 16.5. The topological polar surface area (TPSA) is 140 Å². The standard InChI is InChI=1S/C11H17N9O/c12-19-10-16-9(15-7-1-3-8(21)4-2-7)17-11(18-10)20-6-13-5-14-20/h5-8,21H,1-4,12H2,(H2,15,16,17,18,19). The smallest absolute Gasteiger partial charge is 0.258 e. The molecule has 0 saturated heterocycles. The molecule has 0 bridgehead atoms. The van der Waals surface area contributed by atoms with Crippen molar-refractivity contribution in [1.82, 2.24) is 29.7 Å². The Kier molecular flexibility index (Phi) is 3.88. The molecule has 0 atom stereocenters. The molecule has 2 aromatic rings. The molecular weight excluding hydrogens is 274 g/mol. The van der Waals surface area contributed by atoms with E-state index in [2.05, 4.69) is 35.8 Å². The van der Waals surface area contributed by atoms with Gasteiger partial charge in [0.25, 0.3) is 5.95 Å². The summed E-state index contributed by atoms with van der Waals surface area (Å²) < 4.78 is 1.43. The molecule has 10 nitrogen and oxygen atoms in total. The molecule has 0 aromatic carbocycles. The number of aliphatic hydroxyl groups is 1. The maximum atomic E-state index is 9.53. The first-order valence-corrected chi connectivity index (χ1v) is 6.77. The van der Waals surface area contributed by atoms with Crippen LogP contribution in [0.3, 0.4) is 0 Å². The largest absolute Gasteiger partial charge is 0.393 e. The lowest BCUT2D eigenvalue weighted by molar-refractivity contribution is 0.126. The van der Waals surface area contributed by atoms with Crippen LogP contribution in [0.1, 0.15) is 25.7 Å². The highest BCUT2D eigenvalue weighted by molar-refractivity contribution is 5.37. The monoisotopic (exact) mass is 291 g/mol. The Bertz CT molecular complexity index is 579. The van der Waals surface area contributed by atoms with Gasteiger partial charge in [-0.3, -0.25) is 5.43 Å². The van der Waals surface area contributed by atoms with E-state index < -0.39 is 0 Å². The first-order chi connectivity index (χ1) is 10.2. The molecule has 1 fully saturated rings. The summed E-state index contributed by atoms with van der Waals surface area (Å²) in [6.45, 7) is 0. The molecule has 0 unspecified atom stereocenters. The highest BCUT2D eigenvalue weighted by atomic mass is 16.3. The maximum absolute atomic E-state index is 9.53. The normalized spacial score (nSPS) is 22.0. The van der Waals surface area contributed by atoms with Gasteiger partial charge >= 0.3 is 0 Å². The third-order valence-corrected chi connectivity index (χ3v) is 3.41. The van der Waals surface area contributed by atoms with Crippen molar-refractivity contribution in [3.05, 3.63) is 12.7 Å². The van der Waals surface area contributed by atoms with E-state index in [0.29, 0.717) is 11.9 Å². The fraction of sp³-hybridized carbons (Fsp3) is 0.545. The van der Waals surface area contributed by atoms with Crippen LogP contribution in [-0.2, 0) is 0 Å². The highest BCUT2D eigenvalue weighted by Gasteiger charge is 2.20. The van der Waals surface area contributed by atoms with Crippen molar-refractivity contribution >= 4 is 11.9 Å². The van der Waals surface area contributed by atoms with E-state index in [4.69, 9.17) is 5.84 Å². The number of nitrogens with zero attached hydrogens (tertiary/aromatic N) is 6. The average molecular weight is 291 g/mol. The predicted octanol–water partition coefficient (Wildman–Crippen LogP) is -0.547. The first-order valence-electron chi connectivity index (χ1n) is 6.77. The van der Waals surface area contributed by atoms with Crippen molar-refractivity contribution in [3.63, 3.8) is 0 Å². The number of nitrogens with two attached hydrogens (primary N) is 1. The zero-order valence-electron chi connectivity index (χ0n) is 11.3. The third kappa shape index (κ3) is 3.23. The summed E-state index contributed by atoms with van der Waals surface area (Å²) in [5, 5.41) is 16.8. The zero-order chi connectivity index (χ0) is 14.7. The quantitative estimate of drug-likeness (QED) is 0.431. The first kappa shape index (κ1) is 13.6. The second kappa shape index (κ2) is 5.97. The number of aromatic nitrogens is 6. The lowest BCUT2D eigenvalue weighted by Crippen LogP contribution is -2.29. The summed E-state index contributed by atoms with van der Waals surface area (Å²) >= 11 is 0. The maximum Gasteiger partial charge on any atom is 0.258 e. The van der Waals surface area contributed by atoms with Gasteiger partial charge in [0, 0.05) is 6.04 Å². The molecule has 112 valence electrons. The molecule has 1 aliphatic rings. The second-order valence-corrected chi connectivity index (χ2v) is 4.92. The van der Waals surface area contributed by atoms with Crippen molar-refractivity contribution < 1.29 is 5.11 Å². The molecule has 2 aromatic heterocycles. The molecule has 21 heavy (non-hydrogen) atoms. The summed E-state index contributed by atoms with van der Waals surface area (Å²) in [5.41, 5.74) is 2.41. The number of hydrazine groups is 1. The number of rotatable bonds is 4. The highest BCUT2D eigenvalue weighted by Crippen LogP contribution is 2.21. The van der Waals surface area contributed by atoms with Gasteiger partial charge < -0.3 is 10.4 Å². The summed E-state index contributed by atoms with van der Waals surface area (Å²) in [6.07, 6.45) is 5.99. The Labute approximate surface area is 120 Å². The fourth-order valence-electron chi connectivity index (χ4n) is 2.31. The van der Waals surface area contributed by atoms with E-state index in [1.54, 1.807) is 0 Å². The summed E-state index contributed by atoms with van der Waals surface area (Å²) in [6, 6.07) is 0.227.